The molecule has 2 aromatic carbocycles. The molecule has 2 aromatic rings. The SMILES string of the molecule is CC(C)CC(C#CCO)N(Cc1ccccc1)Cc1ccccc1. The summed E-state index contributed by atoms with van der Waals surface area (Å²) in [7, 11) is 0. The summed E-state index contributed by atoms with van der Waals surface area (Å²) in [5.74, 6) is 6.69. The largest absolute Gasteiger partial charge is 0.384 e. The van der Waals surface area contributed by atoms with Crippen LogP contribution in [-0.2, 0) is 13.1 Å². The van der Waals surface area contributed by atoms with E-state index in [0.29, 0.717) is 5.92 Å². The fourth-order valence-corrected chi connectivity index (χ4v) is 2.82. The normalized spacial score (nSPS) is 12.0. The standard InChI is InChI=1S/C22H27NO/c1-19(2)16-22(14-9-15-24)23(17-20-10-5-3-6-11-20)18-21-12-7-4-8-13-21/h3-8,10-13,19,22,24H,15-18H2,1-2H3. The van der Waals surface area contributed by atoms with Gasteiger partial charge in [0.25, 0.3) is 0 Å². The molecule has 0 saturated carbocycles. The Morgan fingerprint density at radius 3 is 1.79 bits per heavy atom. The van der Waals surface area contributed by atoms with Gasteiger partial charge >= 0.3 is 0 Å². The number of nitrogens with zero attached hydrogens (tertiary/aromatic N) is 1. The van der Waals surface area contributed by atoms with Crippen LogP contribution < -0.4 is 0 Å². The zero-order valence-electron chi connectivity index (χ0n) is 14.7. The van der Waals surface area contributed by atoms with Crippen molar-refractivity contribution in [1.82, 2.24) is 4.90 Å². The first-order valence-electron chi connectivity index (χ1n) is 8.60. The van der Waals surface area contributed by atoms with Crippen LogP contribution >= 0.6 is 0 Å². The Labute approximate surface area is 146 Å². The molecule has 0 heterocycles. The van der Waals surface area contributed by atoms with Gasteiger partial charge in [0.05, 0.1) is 6.04 Å². The number of benzene rings is 2. The second kappa shape index (κ2) is 9.93. The van der Waals surface area contributed by atoms with Crippen molar-refractivity contribution in [2.75, 3.05) is 6.61 Å². The molecule has 0 amide bonds. The highest BCUT2D eigenvalue weighted by molar-refractivity contribution is 5.19. The first-order chi connectivity index (χ1) is 11.7. The van der Waals surface area contributed by atoms with Crippen molar-refractivity contribution < 1.29 is 5.11 Å². The van der Waals surface area contributed by atoms with Crippen molar-refractivity contribution in [2.24, 2.45) is 5.92 Å². The van der Waals surface area contributed by atoms with Crippen molar-refractivity contribution in [3.8, 4) is 11.8 Å². The van der Waals surface area contributed by atoms with Crippen LogP contribution in [0.5, 0.6) is 0 Å². The molecule has 2 heteroatoms. The number of aliphatic hydroxyl groups is 1. The maximum absolute atomic E-state index is 9.12. The summed E-state index contributed by atoms with van der Waals surface area (Å²) in [6, 6.07) is 21.2. The van der Waals surface area contributed by atoms with Gasteiger partial charge in [-0.25, -0.2) is 0 Å². The van der Waals surface area contributed by atoms with Gasteiger partial charge in [-0.05, 0) is 23.5 Å². The molecule has 2 nitrogen and oxygen atoms in total. The van der Waals surface area contributed by atoms with Gasteiger partial charge in [-0.3, -0.25) is 4.90 Å². The molecule has 0 fully saturated rings. The number of aliphatic hydroxyl groups excluding tert-OH is 1. The smallest absolute Gasteiger partial charge is 0.104 e. The quantitative estimate of drug-likeness (QED) is 0.776. The lowest BCUT2D eigenvalue weighted by atomic mass is 10.0. The molecule has 24 heavy (non-hydrogen) atoms. The minimum Gasteiger partial charge on any atom is -0.384 e. The van der Waals surface area contributed by atoms with Crippen LogP contribution in [0.1, 0.15) is 31.4 Å². The average Bonchev–Trinajstić information content (AvgIpc) is 2.59. The van der Waals surface area contributed by atoms with Crippen LogP contribution in [0.25, 0.3) is 0 Å². The van der Waals surface area contributed by atoms with Crippen molar-refractivity contribution >= 4 is 0 Å². The first-order valence-corrected chi connectivity index (χ1v) is 8.60. The lowest BCUT2D eigenvalue weighted by Gasteiger charge is -2.30. The van der Waals surface area contributed by atoms with E-state index in [0.717, 1.165) is 19.5 Å². The molecule has 0 aliphatic heterocycles. The molecule has 0 radical (unpaired) electrons. The molecule has 0 aliphatic carbocycles. The second-order valence-electron chi connectivity index (χ2n) is 6.50. The van der Waals surface area contributed by atoms with E-state index in [1.807, 2.05) is 12.1 Å². The van der Waals surface area contributed by atoms with E-state index >= 15 is 0 Å². The Morgan fingerprint density at radius 1 is 0.875 bits per heavy atom. The topological polar surface area (TPSA) is 23.5 Å². The summed E-state index contributed by atoms with van der Waals surface area (Å²) >= 11 is 0. The van der Waals surface area contributed by atoms with Gasteiger partial charge in [-0.2, -0.15) is 0 Å². The van der Waals surface area contributed by atoms with Gasteiger partial charge in [-0.1, -0.05) is 86.4 Å². The van der Waals surface area contributed by atoms with Gasteiger partial charge in [0, 0.05) is 13.1 Å². The molecular formula is C22H27NO. The van der Waals surface area contributed by atoms with Gasteiger partial charge in [0.15, 0.2) is 0 Å². The molecular weight excluding hydrogens is 294 g/mol. The second-order valence-corrected chi connectivity index (χ2v) is 6.50. The van der Waals surface area contributed by atoms with Gasteiger partial charge in [-0.15, -0.1) is 0 Å². The highest BCUT2D eigenvalue weighted by Crippen LogP contribution is 2.18. The Kier molecular flexibility index (Phi) is 7.55. The molecule has 0 aliphatic rings. The van der Waals surface area contributed by atoms with Crippen LogP contribution in [0.4, 0.5) is 0 Å². The molecule has 1 unspecified atom stereocenters. The van der Waals surface area contributed by atoms with Crippen LogP contribution in [0.3, 0.4) is 0 Å². The number of rotatable bonds is 7. The van der Waals surface area contributed by atoms with Crippen molar-refractivity contribution in [2.45, 2.75) is 39.4 Å². The zero-order chi connectivity index (χ0) is 17.2. The predicted octanol–water partition coefficient (Wildman–Crippen LogP) is 4.10. The Balaban J connectivity index is 2.24. The summed E-state index contributed by atoms with van der Waals surface area (Å²) < 4.78 is 0. The third-order valence-corrected chi connectivity index (χ3v) is 3.94. The predicted molar refractivity (Wildman–Crippen MR) is 100 cm³/mol. The third-order valence-electron chi connectivity index (χ3n) is 3.94. The highest BCUT2D eigenvalue weighted by Gasteiger charge is 2.18. The summed E-state index contributed by atoms with van der Waals surface area (Å²) in [5.41, 5.74) is 2.57. The zero-order valence-corrected chi connectivity index (χ0v) is 14.7. The maximum atomic E-state index is 9.12. The molecule has 1 N–H and O–H groups in total. The lowest BCUT2D eigenvalue weighted by Crippen LogP contribution is -2.34. The van der Waals surface area contributed by atoms with Gasteiger partial charge < -0.3 is 5.11 Å². The third kappa shape index (κ3) is 6.20. The van der Waals surface area contributed by atoms with Crippen molar-refractivity contribution in [3.05, 3.63) is 71.8 Å². The van der Waals surface area contributed by atoms with E-state index in [9.17, 15) is 0 Å². The molecule has 1 atom stereocenters. The van der Waals surface area contributed by atoms with Gasteiger partial charge in [0.2, 0.25) is 0 Å². The number of hydrogen-bond donors (Lipinski definition) is 1. The summed E-state index contributed by atoms with van der Waals surface area (Å²) in [6.07, 6.45) is 0.993. The maximum Gasteiger partial charge on any atom is 0.104 e. The monoisotopic (exact) mass is 321 g/mol. The van der Waals surface area contributed by atoms with E-state index in [-0.39, 0.29) is 12.6 Å². The van der Waals surface area contributed by atoms with E-state index in [1.54, 1.807) is 0 Å². The average molecular weight is 321 g/mol. The summed E-state index contributed by atoms with van der Waals surface area (Å²) in [4.78, 5) is 2.41. The fraction of sp³-hybridized carbons (Fsp3) is 0.364. The summed E-state index contributed by atoms with van der Waals surface area (Å²) in [5, 5.41) is 9.12. The van der Waals surface area contributed by atoms with E-state index in [4.69, 9.17) is 5.11 Å². The Bertz CT molecular complexity index is 598. The van der Waals surface area contributed by atoms with Crippen LogP contribution in [0.2, 0.25) is 0 Å². The minimum atomic E-state index is -0.0842. The van der Waals surface area contributed by atoms with Crippen LogP contribution in [0, 0.1) is 17.8 Å². The molecule has 0 saturated heterocycles. The van der Waals surface area contributed by atoms with Gasteiger partial charge in [0.1, 0.15) is 6.61 Å². The molecule has 126 valence electrons. The van der Waals surface area contributed by atoms with Crippen molar-refractivity contribution in [1.29, 1.82) is 0 Å². The Morgan fingerprint density at radius 2 is 1.38 bits per heavy atom. The summed E-state index contributed by atoms with van der Waals surface area (Å²) in [6.45, 7) is 6.06. The van der Waals surface area contributed by atoms with E-state index in [2.05, 4.69) is 79.1 Å². The van der Waals surface area contributed by atoms with Crippen LogP contribution in [-0.4, -0.2) is 22.7 Å². The van der Waals surface area contributed by atoms with E-state index < -0.39 is 0 Å². The molecule has 2 rings (SSSR count). The molecule has 0 aromatic heterocycles. The minimum absolute atomic E-state index is 0.0842. The Hall–Kier alpha value is -2.08. The van der Waals surface area contributed by atoms with E-state index in [1.165, 1.54) is 11.1 Å². The lowest BCUT2D eigenvalue weighted by molar-refractivity contribution is 0.195. The first kappa shape index (κ1) is 18.3. The number of hydrogen-bond acceptors (Lipinski definition) is 2. The fourth-order valence-electron chi connectivity index (χ4n) is 2.82. The molecule has 0 bridgehead atoms. The highest BCUT2D eigenvalue weighted by atomic mass is 16.2. The van der Waals surface area contributed by atoms with Crippen molar-refractivity contribution in [3.63, 3.8) is 0 Å². The van der Waals surface area contributed by atoms with Crippen LogP contribution in [0.15, 0.2) is 60.7 Å². The molecule has 0 spiro atoms.